The minimum Gasteiger partial charge on any atom is -0.390 e. The van der Waals surface area contributed by atoms with Gasteiger partial charge in [0, 0.05) is 11.8 Å². The number of hydrogen-bond acceptors (Lipinski definition) is 3. The summed E-state index contributed by atoms with van der Waals surface area (Å²) in [5.74, 6) is 0.265. The largest absolute Gasteiger partial charge is 0.390 e. The molecule has 3 nitrogen and oxygen atoms in total. The zero-order valence-electron chi connectivity index (χ0n) is 13.1. The van der Waals surface area contributed by atoms with Crippen molar-refractivity contribution in [1.29, 1.82) is 0 Å². The number of hydrogen-bond donors (Lipinski definition) is 1. The van der Waals surface area contributed by atoms with Gasteiger partial charge in [-0.05, 0) is 40.5 Å². The quantitative estimate of drug-likeness (QED) is 0.762. The highest BCUT2D eigenvalue weighted by Gasteiger charge is 2.26. The van der Waals surface area contributed by atoms with Crippen LogP contribution in [0.15, 0.2) is 0 Å². The molecule has 0 bridgehead atoms. The second-order valence-electron chi connectivity index (χ2n) is 7.34. The molecule has 0 saturated carbocycles. The van der Waals surface area contributed by atoms with Crippen LogP contribution < -0.4 is 0 Å². The van der Waals surface area contributed by atoms with E-state index in [1.54, 1.807) is 13.8 Å². The van der Waals surface area contributed by atoms with Gasteiger partial charge in [-0.3, -0.25) is 4.79 Å². The monoisotopic (exact) mass is 258 g/mol. The van der Waals surface area contributed by atoms with Crippen molar-refractivity contribution in [1.82, 2.24) is 0 Å². The van der Waals surface area contributed by atoms with Crippen LogP contribution in [-0.2, 0) is 9.53 Å². The van der Waals surface area contributed by atoms with Gasteiger partial charge in [0.05, 0.1) is 17.8 Å². The summed E-state index contributed by atoms with van der Waals surface area (Å²) in [4.78, 5) is 11.8. The van der Waals surface area contributed by atoms with Gasteiger partial charge in [-0.15, -0.1) is 0 Å². The molecule has 0 aliphatic rings. The molecule has 0 aromatic carbocycles. The molecule has 3 heteroatoms. The van der Waals surface area contributed by atoms with Gasteiger partial charge in [0.2, 0.25) is 0 Å². The van der Waals surface area contributed by atoms with Crippen LogP contribution in [0.3, 0.4) is 0 Å². The molecule has 0 aromatic heterocycles. The fourth-order valence-electron chi connectivity index (χ4n) is 1.44. The lowest BCUT2D eigenvalue weighted by atomic mass is 9.86. The van der Waals surface area contributed by atoms with E-state index in [1.807, 2.05) is 34.6 Å². The van der Waals surface area contributed by atoms with Crippen molar-refractivity contribution in [3.63, 3.8) is 0 Å². The second kappa shape index (κ2) is 6.16. The molecule has 0 unspecified atom stereocenters. The molecule has 18 heavy (non-hydrogen) atoms. The van der Waals surface area contributed by atoms with Gasteiger partial charge in [0.25, 0.3) is 0 Å². The summed E-state index contributed by atoms with van der Waals surface area (Å²) in [7, 11) is 0. The van der Waals surface area contributed by atoms with Crippen LogP contribution in [-0.4, -0.2) is 28.7 Å². The van der Waals surface area contributed by atoms with Crippen molar-refractivity contribution < 1.29 is 14.6 Å². The van der Waals surface area contributed by atoms with Crippen LogP contribution in [0.5, 0.6) is 0 Å². The smallest absolute Gasteiger partial charge is 0.138 e. The number of rotatable bonds is 7. The molecule has 0 aliphatic heterocycles. The van der Waals surface area contributed by atoms with Gasteiger partial charge in [-0.25, -0.2) is 0 Å². The van der Waals surface area contributed by atoms with Gasteiger partial charge in [-0.2, -0.15) is 0 Å². The second-order valence-corrected chi connectivity index (χ2v) is 7.34. The zero-order chi connectivity index (χ0) is 14.6. The number of carbonyl (C=O) groups is 1. The molecule has 0 saturated heterocycles. The molecule has 0 radical (unpaired) electrons. The summed E-state index contributed by atoms with van der Waals surface area (Å²) in [6, 6.07) is 0. The SMILES string of the molecule is CC(C)(O)CCOC(C)(C)CCC(=O)C(C)(C)C. The van der Waals surface area contributed by atoms with Crippen LogP contribution >= 0.6 is 0 Å². The first kappa shape index (κ1) is 17.6. The standard InChI is InChI=1S/C15H30O3/c1-13(2,3)12(16)8-9-15(6,7)18-11-10-14(4,5)17/h17H,8-11H2,1-7H3. The number of carbonyl (C=O) groups excluding carboxylic acids is 1. The van der Waals surface area contributed by atoms with E-state index in [2.05, 4.69) is 0 Å². The maximum Gasteiger partial charge on any atom is 0.138 e. The first-order valence-electron chi connectivity index (χ1n) is 6.73. The zero-order valence-corrected chi connectivity index (χ0v) is 13.1. The minimum atomic E-state index is -0.697. The molecule has 0 atom stereocenters. The van der Waals surface area contributed by atoms with Crippen LogP contribution in [0.2, 0.25) is 0 Å². The summed E-state index contributed by atoms with van der Waals surface area (Å²) >= 11 is 0. The van der Waals surface area contributed by atoms with Crippen LogP contribution in [0.4, 0.5) is 0 Å². The van der Waals surface area contributed by atoms with E-state index < -0.39 is 5.60 Å². The topological polar surface area (TPSA) is 46.5 Å². The number of Topliss-reactive ketones (excluding diaryl/α,β-unsaturated/α-hetero) is 1. The van der Waals surface area contributed by atoms with E-state index in [-0.39, 0.29) is 16.8 Å². The predicted octanol–water partition coefficient (Wildman–Crippen LogP) is 3.34. The lowest BCUT2D eigenvalue weighted by Gasteiger charge is -2.28. The summed E-state index contributed by atoms with van der Waals surface area (Å²) in [6.45, 7) is 13.9. The van der Waals surface area contributed by atoms with Gasteiger partial charge in [0.1, 0.15) is 5.78 Å². The lowest BCUT2D eigenvalue weighted by molar-refractivity contribution is -0.128. The van der Waals surface area contributed by atoms with E-state index in [1.165, 1.54) is 0 Å². The van der Waals surface area contributed by atoms with Gasteiger partial charge in [0.15, 0.2) is 0 Å². The van der Waals surface area contributed by atoms with Crippen molar-refractivity contribution >= 4 is 5.78 Å². The molecule has 108 valence electrons. The van der Waals surface area contributed by atoms with E-state index in [4.69, 9.17) is 4.74 Å². The van der Waals surface area contributed by atoms with Crippen LogP contribution in [0.1, 0.15) is 67.7 Å². The van der Waals surface area contributed by atoms with E-state index in [9.17, 15) is 9.90 Å². The van der Waals surface area contributed by atoms with E-state index >= 15 is 0 Å². The average Bonchev–Trinajstić information content (AvgIpc) is 2.10. The molecule has 0 spiro atoms. The molecular formula is C15H30O3. The fourth-order valence-corrected chi connectivity index (χ4v) is 1.44. The molecule has 0 amide bonds. The normalized spacial score (nSPS) is 13.8. The Morgan fingerprint density at radius 1 is 1.00 bits per heavy atom. The highest BCUT2D eigenvalue weighted by atomic mass is 16.5. The van der Waals surface area contributed by atoms with Gasteiger partial charge < -0.3 is 9.84 Å². The average molecular weight is 258 g/mol. The molecular weight excluding hydrogens is 228 g/mol. The molecule has 0 heterocycles. The van der Waals surface area contributed by atoms with Crippen molar-refractivity contribution in [3.8, 4) is 0 Å². The third-order valence-corrected chi connectivity index (χ3v) is 3.00. The fraction of sp³-hybridized carbons (Fsp3) is 0.933. The predicted molar refractivity (Wildman–Crippen MR) is 74.6 cm³/mol. The Morgan fingerprint density at radius 3 is 1.89 bits per heavy atom. The van der Waals surface area contributed by atoms with Crippen molar-refractivity contribution in [2.45, 2.75) is 78.9 Å². The number of ketones is 1. The molecule has 0 fully saturated rings. The third-order valence-electron chi connectivity index (χ3n) is 3.00. The molecule has 0 aliphatic carbocycles. The van der Waals surface area contributed by atoms with Crippen molar-refractivity contribution in [2.24, 2.45) is 5.41 Å². The summed E-state index contributed by atoms with van der Waals surface area (Å²) in [5.41, 5.74) is -1.29. The first-order valence-corrected chi connectivity index (χ1v) is 6.73. The lowest BCUT2D eigenvalue weighted by Crippen LogP contribution is -2.31. The maximum absolute atomic E-state index is 11.8. The Morgan fingerprint density at radius 2 is 1.50 bits per heavy atom. The van der Waals surface area contributed by atoms with Crippen LogP contribution in [0, 0.1) is 5.41 Å². The van der Waals surface area contributed by atoms with Gasteiger partial charge >= 0.3 is 0 Å². The molecule has 0 aromatic rings. The van der Waals surface area contributed by atoms with Crippen molar-refractivity contribution in [3.05, 3.63) is 0 Å². The van der Waals surface area contributed by atoms with E-state index in [0.29, 0.717) is 19.4 Å². The maximum atomic E-state index is 11.8. The van der Waals surface area contributed by atoms with Gasteiger partial charge in [-0.1, -0.05) is 20.8 Å². The minimum absolute atomic E-state index is 0.265. The number of ether oxygens (including phenoxy) is 1. The first-order chi connectivity index (χ1) is 7.83. The highest BCUT2D eigenvalue weighted by Crippen LogP contribution is 2.23. The van der Waals surface area contributed by atoms with Crippen molar-refractivity contribution in [2.75, 3.05) is 6.61 Å². The molecule has 0 rings (SSSR count). The summed E-state index contributed by atoms with van der Waals surface area (Å²) in [5, 5.41) is 9.61. The Hall–Kier alpha value is -0.410. The Bertz CT molecular complexity index is 266. The molecule has 1 N–H and O–H groups in total. The highest BCUT2D eigenvalue weighted by molar-refractivity contribution is 5.83. The third kappa shape index (κ3) is 8.65. The Labute approximate surface area is 112 Å². The summed E-state index contributed by atoms with van der Waals surface area (Å²) in [6.07, 6.45) is 1.86. The Kier molecular flexibility index (Phi) is 6.02. The number of aliphatic hydroxyl groups is 1. The Balaban J connectivity index is 4.05. The van der Waals surface area contributed by atoms with E-state index in [0.717, 1.165) is 6.42 Å². The summed E-state index contributed by atoms with van der Waals surface area (Å²) < 4.78 is 5.76. The van der Waals surface area contributed by atoms with Crippen LogP contribution in [0.25, 0.3) is 0 Å².